The molecule has 0 spiro atoms. The number of nitrogens with one attached hydrogen (secondary N) is 1. The van der Waals surface area contributed by atoms with Crippen molar-refractivity contribution >= 4 is 76.4 Å². The zero-order chi connectivity index (χ0) is 44.3. The first-order valence-electron chi connectivity index (χ1n) is 22.2. The highest BCUT2D eigenvalue weighted by Gasteiger charge is 2.44. The lowest BCUT2D eigenvalue weighted by atomic mass is 9.92. The Morgan fingerprint density at radius 2 is 0.864 bits per heavy atom. The summed E-state index contributed by atoms with van der Waals surface area (Å²) in [6.45, 7) is 0. The van der Waals surface area contributed by atoms with Gasteiger partial charge in [-0.25, -0.2) is 0 Å². The summed E-state index contributed by atoms with van der Waals surface area (Å²) >= 11 is 15.8. The summed E-state index contributed by atoms with van der Waals surface area (Å²) in [6.07, 6.45) is 10.2. The minimum absolute atomic E-state index is 0. The maximum absolute atomic E-state index is 12.9. The SMILES string of the molecule is Brc1ccc2c(c1)C1CCC(C2)N1.C.C.O=C(Cl)c1ccccc1.O=C(c1ccccc1)N1[C@@H]2CC[C@H]1c1cc(Br)ccc1C2.O=C(c1ccccc1)N1[C@H]2CC[C@@H]1c1cc(Br)ccc1C2. The normalized spacial score (nSPS) is 21.8. The van der Waals surface area contributed by atoms with E-state index in [2.05, 4.69) is 118 Å². The van der Waals surface area contributed by atoms with E-state index >= 15 is 0 Å². The van der Waals surface area contributed by atoms with Crippen LogP contribution in [0.5, 0.6) is 0 Å². The van der Waals surface area contributed by atoms with Crippen LogP contribution in [0, 0.1) is 0 Å². The molecule has 342 valence electrons. The summed E-state index contributed by atoms with van der Waals surface area (Å²) < 4.78 is 3.40. The zero-order valence-electron chi connectivity index (χ0n) is 35.3. The van der Waals surface area contributed by atoms with E-state index in [0.29, 0.717) is 23.7 Å². The van der Waals surface area contributed by atoms with Gasteiger partial charge in [0.05, 0.1) is 12.1 Å². The third-order valence-electron chi connectivity index (χ3n) is 13.6. The zero-order valence-corrected chi connectivity index (χ0v) is 40.8. The topological polar surface area (TPSA) is 69.7 Å². The second-order valence-electron chi connectivity index (χ2n) is 17.4. The molecule has 10 heteroatoms. The fraction of sp³-hybridized carbons (Fsp3) is 0.304. The van der Waals surface area contributed by atoms with E-state index in [9.17, 15) is 14.4 Å². The predicted octanol–water partition coefficient (Wildman–Crippen LogP) is 14.8. The molecular weight excluding hydrogens is 1040 g/mol. The quantitative estimate of drug-likeness (QED) is 0.179. The van der Waals surface area contributed by atoms with Gasteiger partial charge in [0.1, 0.15) is 0 Å². The predicted molar refractivity (Wildman–Crippen MR) is 279 cm³/mol. The molecule has 6 bridgehead atoms. The summed E-state index contributed by atoms with van der Waals surface area (Å²) in [7, 11) is 0. The van der Waals surface area contributed by atoms with Crippen molar-refractivity contribution < 1.29 is 14.4 Å². The number of hydrogen-bond acceptors (Lipinski definition) is 4. The molecule has 6 atom stereocenters. The van der Waals surface area contributed by atoms with Crippen LogP contribution in [0.25, 0.3) is 0 Å². The Kier molecular flexibility index (Phi) is 16.6. The molecule has 0 aromatic heterocycles. The first kappa shape index (κ1) is 49.5. The summed E-state index contributed by atoms with van der Waals surface area (Å²) in [5.74, 6) is 0.349. The molecule has 0 radical (unpaired) electrons. The number of rotatable bonds is 3. The highest BCUT2D eigenvalue weighted by molar-refractivity contribution is 9.11. The molecule has 3 saturated heterocycles. The third-order valence-corrected chi connectivity index (χ3v) is 15.2. The van der Waals surface area contributed by atoms with Gasteiger partial charge in [-0.1, -0.05) is 148 Å². The van der Waals surface area contributed by atoms with Crippen molar-refractivity contribution in [3.63, 3.8) is 0 Å². The van der Waals surface area contributed by atoms with Gasteiger partial charge in [-0.2, -0.15) is 0 Å². The second-order valence-corrected chi connectivity index (χ2v) is 20.5. The Hall–Kier alpha value is -4.38. The number of carbonyl (C=O) groups excluding carboxylic acids is 3. The van der Waals surface area contributed by atoms with Crippen LogP contribution in [-0.2, 0) is 19.3 Å². The molecule has 1 N–H and O–H groups in total. The van der Waals surface area contributed by atoms with Crippen molar-refractivity contribution in [3.8, 4) is 0 Å². The molecule has 0 saturated carbocycles. The Bertz CT molecular complexity index is 2530. The van der Waals surface area contributed by atoms with Crippen LogP contribution in [0.1, 0.15) is 136 Å². The monoisotopic (exact) mass is 1090 g/mol. The molecule has 6 aromatic rings. The van der Waals surface area contributed by atoms with Gasteiger partial charge in [0.15, 0.2) is 0 Å². The van der Waals surface area contributed by atoms with Gasteiger partial charge in [0.25, 0.3) is 17.1 Å². The molecule has 2 unspecified atom stereocenters. The largest absolute Gasteiger partial charge is 0.328 e. The van der Waals surface area contributed by atoms with E-state index in [4.69, 9.17) is 11.6 Å². The van der Waals surface area contributed by atoms with E-state index in [1.54, 1.807) is 29.8 Å². The molecule has 3 fully saturated rings. The van der Waals surface area contributed by atoms with Crippen LogP contribution in [0.2, 0.25) is 0 Å². The maximum Gasteiger partial charge on any atom is 0.254 e. The van der Waals surface area contributed by atoms with Gasteiger partial charge in [0, 0.05) is 54.3 Å². The van der Waals surface area contributed by atoms with E-state index in [0.717, 1.165) is 64.6 Å². The minimum Gasteiger partial charge on any atom is -0.328 e. The number of nitrogens with zero attached hydrogens (tertiary/aromatic N) is 2. The molecule has 6 heterocycles. The van der Waals surface area contributed by atoms with Crippen molar-refractivity contribution in [2.45, 2.75) is 109 Å². The number of carbonyl (C=O) groups is 3. The lowest BCUT2D eigenvalue weighted by Crippen LogP contribution is -2.41. The average molecular weight is 1100 g/mol. The Morgan fingerprint density at radius 1 is 0.470 bits per heavy atom. The van der Waals surface area contributed by atoms with Crippen LogP contribution in [-0.4, -0.2) is 45.0 Å². The number of fused-ring (bicyclic) bond motifs is 12. The molecular formula is C56H57Br3ClN3O3. The summed E-state index contributed by atoms with van der Waals surface area (Å²) in [5.41, 5.74) is 10.7. The number of hydrogen-bond donors (Lipinski definition) is 1. The van der Waals surface area contributed by atoms with Gasteiger partial charge >= 0.3 is 0 Å². The number of amides is 2. The Morgan fingerprint density at radius 3 is 1.27 bits per heavy atom. The molecule has 66 heavy (non-hydrogen) atoms. The molecule has 6 aromatic carbocycles. The number of benzene rings is 6. The Labute approximate surface area is 420 Å². The molecule has 0 aliphatic carbocycles. The van der Waals surface area contributed by atoms with Gasteiger partial charge in [-0.15, -0.1) is 0 Å². The second kappa shape index (κ2) is 22.2. The van der Waals surface area contributed by atoms with Crippen molar-refractivity contribution in [1.82, 2.24) is 15.1 Å². The van der Waals surface area contributed by atoms with Crippen LogP contribution in [0.4, 0.5) is 0 Å². The first-order valence-corrected chi connectivity index (χ1v) is 25.0. The summed E-state index contributed by atoms with van der Waals surface area (Å²) in [4.78, 5) is 40.4. The smallest absolute Gasteiger partial charge is 0.254 e. The molecule has 2 amide bonds. The van der Waals surface area contributed by atoms with Crippen molar-refractivity contribution in [3.05, 3.63) is 209 Å². The summed E-state index contributed by atoms with van der Waals surface area (Å²) in [6, 6.07) is 50.3. The van der Waals surface area contributed by atoms with Crippen molar-refractivity contribution in [1.29, 1.82) is 0 Å². The van der Waals surface area contributed by atoms with E-state index in [-0.39, 0.29) is 38.8 Å². The van der Waals surface area contributed by atoms with Crippen molar-refractivity contribution in [2.75, 3.05) is 0 Å². The Balaban J connectivity index is 0.000000136. The van der Waals surface area contributed by atoms with Crippen LogP contribution in [0.15, 0.2) is 159 Å². The molecule has 12 rings (SSSR count). The van der Waals surface area contributed by atoms with E-state index in [1.165, 1.54) is 51.6 Å². The summed E-state index contributed by atoms with van der Waals surface area (Å²) in [5, 5.41) is 3.25. The maximum atomic E-state index is 12.9. The fourth-order valence-corrected chi connectivity index (χ4v) is 11.9. The van der Waals surface area contributed by atoms with Gasteiger partial charge in [-0.05, 0) is 163 Å². The van der Waals surface area contributed by atoms with E-state index in [1.807, 2.05) is 66.7 Å². The highest BCUT2D eigenvalue weighted by Crippen LogP contribution is 2.46. The van der Waals surface area contributed by atoms with Crippen LogP contribution >= 0.6 is 59.4 Å². The third kappa shape index (κ3) is 10.8. The minimum atomic E-state index is -0.407. The van der Waals surface area contributed by atoms with Crippen LogP contribution in [0.3, 0.4) is 0 Å². The lowest BCUT2D eigenvalue weighted by molar-refractivity contribution is 0.0638. The highest BCUT2D eigenvalue weighted by atomic mass is 79.9. The van der Waals surface area contributed by atoms with Gasteiger partial charge < -0.3 is 15.1 Å². The number of halogens is 4. The molecule has 6 nitrogen and oxygen atoms in total. The average Bonchev–Trinajstić information content (AvgIpc) is 3.99. The molecule has 6 aliphatic heterocycles. The molecule has 6 aliphatic rings. The van der Waals surface area contributed by atoms with Crippen molar-refractivity contribution in [2.24, 2.45) is 0 Å². The van der Waals surface area contributed by atoms with Gasteiger partial charge in [-0.3, -0.25) is 14.4 Å². The fourth-order valence-electron chi connectivity index (χ4n) is 10.6. The standard InChI is InChI=1S/2C18H16BrNO.C11H12BrN.C7H5ClO.2CH4/c2*19-14-7-6-13-10-15-8-9-17(16(13)11-14)20(15)18(21)12-4-2-1-3-5-12;12-8-2-1-7-5-9-3-4-11(13-9)10(7)6-8;8-7(9)6-4-2-1-3-5-6;;/h2*1-7,11,15,17H,8-10H2;1-2,6,9,11,13H,3-5H2;1-5H;2*1H4/t2*15-,17+;;;;/m10..../s1. The lowest BCUT2D eigenvalue weighted by Gasteiger charge is -2.36. The van der Waals surface area contributed by atoms with Gasteiger partial charge in [0.2, 0.25) is 0 Å². The van der Waals surface area contributed by atoms with Crippen LogP contribution < -0.4 is 5.32 Å². The first-order chi connectivity index (χ1) is 31.1. The van der Waals surface area contributed by atoms with E-state index < -0.39 is 5.24 Å².